The highest BCUT2D eigenvalue weighted by atomic mass is 32.2. The molecule has 0 unspecified atom stereocenters. The van der Waals surface area contributed by atoms with Crippen molar-refractivity contribution in [1.82, 2.24) is 0 Å². The molecule has 4 nitrogen and oxygen atoms in total. The number of hydrogen-bond donors (Lipinski definition) is 0. The van der Waals surface area contributed by atoms with Crippen LogP contribution in [0.1, 0.15) is 24.0 Å². The summed E-state index contributed by atoms with van der Waals surface area (Å²) in [5, 5.41) is 8.97. The van der Waals surface area contributed by atoms with Crippen LogP contribution in [0.3, 0.4) is 0 Å². The maximum absolute atomic E-state index is 12.6. The number of sulfonamides is 1. The highest BCUT2D eigenvalue weighted by molar-refractivity contribution is 7.92. The van der Waals surface area contributed by atoms with E-state index in [2.05, 4.69) is 0 Å². The fourth-order valence-electron chi connectivity index (χ4n) is 2.08. The van der Waals surface area contributed by atoms with Crippen molar-refractivity contribution in [3.05, 3.63) is 29.3 Å². The first-order valence-corrected chi connectivity index (χ1v) is 7.48. The summed E-state index contributed by atoms with van der Waals surface area (Å²) in [6, 6.07) is 4.15. The Kier molecular flexibility index (Phi) is 3.65. The lowest BCUT2D eigenvalue weighted by molar-refractivity contribution is -0.137. The molecule has 0 bridgehead atoms. The highest BCUT2D eigenvalue weighted by Gasteiger charge is 2.33. The van der Waals surface area contributed by atoms with E-state index in [1.54, 1.807) is 6.07 Å². The number of nitriles is 1. The Morgan fingerprint density at radius 2 is 1.95 bits per heavy atom. The van der Waals surface area contributed by atoms with Gasteiger partial charge in [-0.05, 0) is 31.0 Å². The van der Waals surface area contributed by atoms with Gasteiger partial charge < -0.3 is 0 Å². The van der Waals surface area contributed by atoms with Crippen molar-refractivity contribution < 1.29 is 21.6 Å². The van der Waals surface area contributed by atoms with E-state index >= 15 is 0 Å². The van der Waals surface area contributed by atoms with Crippen LogP contribution >= 0.6 is 0 Å². The Balaban J connectivity index is 2.51. The van der Waals surface area contributed by atoms with Gasteiger partial charge in [-0.3, -0.25) is 4.31 Å². The topological polar surface area (TPSA) is 61.2 Å². The highest BCUT2D eigenvalue weighted by Crippen LogP contribution is 2.34. The molecule has 0 radical (unpaired) electrons. The third-order valence-electron chi connectivity index (χ3n) is 3.06. The first-order chi connectivity index (χ1) is 9.25. The van der Waals surface area contributed by atoms with Crippen LogP contribution in [0.5, 0.6) is 0 Å². The summed E-state index contributed by atoms with van der Waals surface area (Å²) in [7, 11) is -3.56. The molecule has 8 heteroatoms. The molecule has 0 aliphatic carbocycles. The van der Waals surface area contributed by atoms with E-state index in [-0.39, 0.29) is 23.5 Å². The normalized spacial score (nSPS) is 18.6. The second-order valence-corrected chi connectivity index (χ2v) is 6.45. The molecule has 1 saturated heterocycles. The maximum Gasteiger partial charge on any atom is 0.416 e. The number of alkyl halides is 3. The first kappa shape index (κ1) is 14.7. The molecule has 0 atom stereocenters. The Labute approximate surface area is 114 Å². The summed E-state index contributed by atoms with van der Waals surface area (Å²) in [6.07, 6.45) is -3.43. The molecule has 108 valence electrons. The van der Waals surface area contributed by atoms with Gasteiger partial charge in [0.05, 0.1) is 22.6 Å². The number of rotatable bonds is 1. The van der Waals surface area contributed by atoms with Crippen molar-refractivity contribution in [1.29, 1.82) is 5.26 Å². The third-order valence-corrected chi connectivity index (χ3v) is 4.92. The smallest absolute Gasteiger partial charge is 0.269 e. The minimum Gasteiger partial charge on any atom is -0.269 e. The number of hydrogen-bond acceptors (Lipinski definition) is 3. The average Bonchev–Trinajstić information content (AvgIpc) is 2.36. The van der Waals surface area contributed by atoms with Gasteiger partial charge in [-0.25, -0.2) is 8.42 Å². The van der Waals surface area contributed by atoms with Crippen LogP contribution in [0.15, 0.2) is 18.2 Å². The van der Waals surface area contributed by atoms with Crippen LogP contribution in [-0.2, 0) is 16.2 Å². The molecule has 1 aromatic rings. The molecule has 0 N–H and O–H groups in total. The zero-order chi connectivity index (χ0) is 15.0. The molecule has 1 aliphatic heterocycles. The van der Waals surface area contributed by atoms with Gasteiger partial charge in [-0.15, -0.1) is 0 Å². The van der Waals surface area contributed by atoms with E-state index in [1.807, 2.05) is 0 Å². The van der Waals surface area contributed by atoms with Crippen LogP contribution < -0.4 is 4.31 Å². The third kappa shape index (κ3) is 2.72. The van der Waals surface area contributed by atoms with Gasteiger partial charge in [0, 0.05) is 6.54 Å². The van der Waals surface area contributed by atoms with Crippen LogP contribution in [0.4, 0.5) is 18.9 Å². The lowest BCUT2D eigenvalue weighted by atomic mass is 10.1. The van der Waals surface area contributed by atoms with Gasteiger partial charge in [0.1, 0.15) is 6.07 Å². The van der Waals surface area contributed by atoms with Gasteiger partial charge in [0.25, 0.3) is 0 Å². The number of benzene rings is 1. The number of nitrogens with zero attached hydrogens (tertiary/aromatic N) is 2. The largest absolute Gasteiger partial charge is 0.416 e. The maximum atomic E-state index is 12.6. The van der Waals surface area contributed by atoms with E-state index in [0.717, 1.165) is 16.4 Å². The second-order valence-electron chi connectivity index (χ2n) is 4.44. The lowest BCUT2D eigenvalue weighted by Crippen LogP contribution is -2.38. The van der Waals surface area contributed by atoms with Gasteiger partial charge in [-0.2, -0.15) is 18.4 Å². The summed E-state index contributed by atoms with van der Waals surface area (Å²) >= 11 is 0. The molecule has 1 aliphatic rings. The molecule has 20 heavy (non-hydrogen) atoms. The molecule has 0 saturated carbocycles. The standard InChI is InChI=1S/C12H11F3N2O2S/c13-12(14,15)10-3-4-11(9(7-10)8-16)17-5-1-2-6-20(17,18)19/h3-4,7H,1-2,5-6H2. The van der Waals surface area contributed by atoms with Crippen LogP contribution in [0, 0.1) is 11.3 Å². The molecule has 1 fully saturated rings. The summed E-state index contributed by atoms with van der Waals surface area (Å²) < 4.78 is 62.6. The Hall–Kier alpha value is -1.75. The number of halogens is 3. The van der Waals surface area contributed by atoms with E-state index in [9.17, 15) is 21.6 Å². The summed E-state index contributed by atoms with van der Waals surface area (Å²) in [5.41, 5.74) is -1.24. The van der Waals surface area contributed by atoms with Crippen molar-refractivity contribution in [3.8, 4) is 6.07 Å². The molecule has 0 amide bonds. The second kappa shape index (κ2) is 4.98. The average molecular weight is 304 g/mol. The quantitative estimate of drug-likeness (QED) is 0.801. The van der Waals surface area contributed by atoms with E-state index in [1.165, 1.54) is 0 Å². The minimum atomic E-state index is -4.56. The molecular formula is C12H11F3N2O2S. The van der Waals surface area contributed by atoms with Crippen molar-refractivity contribution in [2.75, 3.05) is 16.6 Å². The van der Waals surface area contributed by atoms with E-state index in [4.69, 9.17) is 5.26 Å². The Morgan fingerprint density at radius 3 is 2.50 bits per heavy atom. The monoisotopic (exact) mass is 304 g/mol. The van der Waals surface area contributed by atoms with Gasteiger partial charge >= 0.3 is 6.18 Å². The zero-order valence-corrected chi connectivity index (χ0v) is 11.1. The molecule has 1 aromatic carbocycles. The van der Waals surface area contributed by atoms with Gasteiger partial charge in [-0.1, -0.05) is 0 Å². The summed E-state index contributed by atoms with van der Waals surface area (Å²) in [5.74, 6) is -0.0567. The van der Waals surface area contributed by atoms with Crippen molar-refractivity contribution in [3.63, 3.8) is 0 Å². The van der Waals surface area contributed by atoms with Crippen LogP contribution in [0.2, 0.25) is 0 Å². The zero-order valence-electron chi connectivity index (χ0n) is 10.3. The Bertz CT molecular complexity index is 662. The Morgan fingerprint density at radius 1 is 1.25 bits per heavy atom. The summed E-state index contributed by atoms with van der Waals surface area (Å²) in [4.78, 5) is 0. The van der Waals surface area contributed by atoms with Crippen molar-refractivity contribution >= 4 is 15.7 Å². The number of anilines is 1. The predicted molar refractivity (Wildman–Crippen MR) is 66.5 cm³/mol. The lowest BCUT2D eigenvalue weighted by Gasteiger charge is -2.29. The molecule has 1 heterocycles. The van der Waals surface area contributed by atoms with Crippen molar-refractivity contribution in [2.24, 2.45) is 0 Å². The molecule has 0 aromatic heterocycles. The summed E-state index contributed by atoms with van der Waals surface area (Å²) in [6.45, 7) is 0.183. The van der Waals surface area contributed by atoms with Crippen LogP contribution in [-0.4, -0.2) is 20.7 Å². The van der Waals surface area contributed by atoms with Crippen LogP contribution in [0.25, 0.3) is 0 Å². The molecule has 2 rings (SSSR count). The molecular weight excluding hydrogens is 293 g/mol. The van der Waals surface area contributed by atoms with Gasteiger partial charge in [0.15, 0.2) is 0 Å². The fourth-order valence-corrected chi connectivity index (χ4v) is 3.73. The van der Waals surface area contributed by atoms with E-state index < -0.39 is 21.8 Å². The SMILES string of the molecule is N#Cc1cc(C(F)(F)F)ccc1N1CCCCS1(=O)=O. The van der Waals surface area contributed by atoms with Crippen molar-refractivity contribution in [2.45, 2.75) is 19.0 Å². The molecule has 0 spiro atoms. The first-order valence-electron chi connectivity index (χ1n) is 5.87. The van der Waals surface area contributed by atoms with Gasteiger partial charge in [0.2, 0.25) is 10.0 Å². The van der Waals surface area contributed by atoms with E-state index in [0.29, 0.717) is 18.9 Å². The minimum absolute atomic E-state index is 0.0141. The fraction of sp³-hybridized carbons (Fsp3) is 0.417. The predicted octanol–water partition coefficient (Wildman–Crippen LogP) is 2.51.